The van der Waals surface area contributed by atoms with Gasteiger partial charge in [0.15, 0.2) is 5.82 Å². The van der Waals surface area contributed by atoms with Crippen LogP contribution in [0.4, 0.5) is 11.8 Å². The summed E-state index contributed by atoms with van der Waals surface area (Å²) in [6.45, 7) is 3.68. The van der Waals surface area contributed by atoms with Crippen LogP contribution in [0, 0.1) is 0 Å². The van der Waals surface area contributed by atoms with Gasteiger partial charge in [-0.15, -0.1) is 5.10 Å². The first-order valence-corrected chi connectivity index (χ1v) is 7.65. The van der Waals surface area contributed by atoms with Gasteiger partial charge in [-0.25, -0.2) is 0 Å². The predicted molar refractivity (Wildman–Crippen MR) is 88.2 cm³/mol. The van der Waals surface area contributed by atoms with Gasteiger partial charge in [0.05, 0.1) is 6.20 Å². The van der Waals surface area contributed by atoms with Crippen LogP contribution in [0.25, 0.3) is 0 Å². The lowest BCUT2D eigenvalue weighted by atomic mass is 10.2. The Morgan fingerprint density at radius 2 is 1.91 bits per heavy atom. The molecule has 1 aromatic heterocycles. The maximum atomic E-state index is 10.8. The molecule has 0 radical (unpaired) electrons. The normalized spacial score (nSPS) is 14.7. The van der Waals surface area contributed by atoms with Crippen LogP contribution in [0.1, 0.15) is 5.56 Å². The van der Waals surface area contributed by atoms with Gasteiger partial charge in [0.25, 0.3) is 0 Å². The van der Waals surface area contributed by atoms with E-state index in [0.29, 0.717) is 19.0 Å². The molecule has 2 heterocycles. The average Bonchev–Trinajstić information content (AvgIpc) is 2.63. The largest absolute Gasteiger partial charge is 0.352 e. The first-order chi connectivity index (χ1) is 11.3. The second kappa shape index (κ2) is 7.04. The highest BCUT2D eigenvalue weighted by Crippen LogP contribution is 2.16. The quantitative estimate of drug-likeness (QED) is 0.761. The number of rotatable bonds is 5. The molecule has 0 spiro atoms. The third-order valence-corrected chi connectivity index (χ3v) is 3.93. The smallest absolute Gasteiger partial charge is 0.247 e. The lowest BCUT2D eigenvalue weighted by Crippen LogP contribution is -2.46. The van der Waals surface area contributed by atoms with Crippen molar-refractivity contribution in [3.63, 3.8) is 0 Å². The van der Waals surface area contributed by atoms with Crippen LogP contribution in [0.5, 0.6) is 0 Å². The van der Waals surface area contributed by atoms with Crippen molar-refractivity contribution in [2.75, 3.05) is 43.0 Å². The molecule has 1 aromatic carbocycles. The van der Waals surface area contributed by atoms with E-state index in [9.17, 15) is 4.79 Å². The lowest BCUT2D eigenvalue weighted by molar-refractivity contribution is -0.118. The van der Waals surface area contributed by atoms with Gasteiger partial charge in [0, 0.05) is 39.8 Å². The number of nitrogens with zero attached hydrogens (tertiary/aromatic N) is 6. The highest BCUT2D eigenvalue weighted by molar-refractivity contribution is 5.49. The Morgan fingerprint density at radius 3 is 2.61 bits per heavy atom. The molecule has 2 aromatic rings. The summed E-state index contributed by atoms with van der Waals surface area (Å²) in [5, 5.41) is 8.22. The summed E-state index contributed by atoms with van der Waals surface area (Å²) in [4.78, 5) is 21.3. The lowest BCUT2D eigenvalue weighted by Gasteiger charge is -2.33. The van der Waals surface area contributed by atoms with Crippen molar-refractivity contribution >= 4 is 18.2 Å². The van der Waals surface area contributed by atoms with E-state index in [-0.39, 0.29) is 0 Å². The molecule has 3 rings (SSSR count). The van der Waals surface area contributed by atoms with E-state index in [0.717, 1.165) is 31.9 Å². The van der Waals surface area contributed by atoms with Gasteiger partial charge >= 0.3 is 0 Å². The second-order valence-corrected chi connectivity index (χ2v) is 5.58. The number of anilines is 2. The monoisotopic (exact) mass is 312 g/mol. The van der Waals surface area contributed by atoms with Gasteiger partial charge in [-0.1, -0.05) is 30.3 Å². The fourth-order valence-corrected chi connectivity index (χ4v) is 2.58. The zero-order valence-corrected chi connectivity index (χ0v) is 13.2. The molecule has 120 valence electrons. The third-order valence-electron chi connectivity index (χ3n) is 3.93. The number of hydrogen-bond donors (Lipinski definition) is 0. The topological polar surface area (TPSA) is 65.5 Å². The van der Waals surface area contributed by atoms with Crippen LogP contribution in [0.15, 0.2) is 36.5 Å². The summed E-state index contributed by atoms with van der Waals surface area (Å²) < 4.78 is 0. The fraction of sp³-hybridized carbons (Fsp3) is 0.375. The Morgan fingerprint density at radius 1 is 1.17 bits per heavy atom. The van der Waals surface area contributed by atoms with Crippen LogP contribution in [0.3, 0.4) is 0 Å². The summed E-state index contributed by atoms with van der Waals surface area (Å²) in [6.07, 6.45) is 2.57. The molecule has 7 nitrogen and oxygen atoms in total. The molecule has 0 saturated carbocycles. The van der Waals surface area contributed by atoms with Crippen molar-refractivity contribution in [1.29, 1.82) is 0 Å². The van der Waals surface area contributed by atoms with Crippen molar-refractivity contribution in [2.24, 2.45) is 0 Å². The highest BCUT2D eigenvalue weighted by atomic mass is 16.1. The Hall–Kier alpha value is -2.70. The van der Waals surface area contributed by atoms with Crippen molar-refractivity contribution in [3.05, 3.63) is 42.1 Å². The number of carbonyl (C=O) groups is 1. The van der Waals surface area contributed by atoms with Gasteiger partial charge in [0.1, 0.15) is 0 Å². The summed E-state index contributed by atoms with van der Waals surface area (Å²) >= 11 is 0. The Bertz CT molecular complexity index is 642. The number of amides is 1. The Labute approximate surface area is 135 Å². The van der Waals surface area contributed by atoms with Gasteiger partial charge in [-0.2, -0.15) is 10.1 Å². The van der Waals surface area contributed by atoms with E-state index in [4.69, 9.17) is 0 Å². The predicted octanol–water partition coefficient (Wildman–Crippen LogP) is 0.786. The summed E-state index contributed by atoms with van der Waals surface area (Å²) in [6, 6.07) is 10.2. The minimum atomic E-state index is 0.601. The fourth-order valence-electron chi connectivity index (χ4n) is 2.58. The average molecular weight is 312 g/mol. The molecular weight excluding hydrogens is 292 g/mol. The Kier molecular flexibility index (Phi) is 4.65. The molecule has 0 bridgehead atoms. The minimum absolute atomic E-state index is 0.601. The third kappa shape index (κ3) is 3.74. The van der Waals surface area contributed by atoms with E-state index in [1.165, 1.54) is 5.56 Å². The summed E-state index contributed by atoms with van der Waals surface area (Å²) in [5.74, 6) is 1.41. The molecule has 1 aliphatic heterocycles. The molecule has 0 aliphatic carbocycles. The standard InChI is InChI=1S/C16H20N6O/c1-20(12-14-5-3-2-4-6-14)16-18-15(11-17-19-16)22-9-7-21(13-23)8-10-22/h2-6,11,13H,7-10,12H2,1H3. The van der Waals surface area contributed by atoms with Crippen LogP contribution < -0.4 is 9.80 Å². The second-order valence-electron chi connectivity index (χ2n) is 5.58. The van der Waals surface area contributed by atoms with Crippen molar-refractivity contribution in [1.82, 2.24) is 20.1 Å². The molecule has 23 heavy (non-hydrogen) atoms. The molecule has 1 saturated heterocycles. The zero-order chi connectivity index (χ0) is 16.1. The molecule has 0 unspecified atom stereocenters. The maximum Gasteiger partial charge on any atom is 0.247 e. The number of piperazine rings is 1. The molecule has 0 N–H and O–H groups in total. The minimum Gasteiger partial charge on any atom is -0.352 e. The van der Waals surface area contributed by atoms with Crippen LogP contribution >= 0.6 is 0 Å². The first-order valence-electron chi connectivity index (χ1n) is 7.65. The van der Waals surface area contributed by atoms with E-state index < -0.39 is 0 Å². The van der Waals surface area contributed by atoms with Gasteiger partial charge in [-0.05, 0) is 5.56 Å². The Balaban J connectivity index is 1.68. The molecule has 7 heteroatoms. The first kappa shape index (κ1) is 15.2. The van der Waals surface area contributed by atoms with Crippen molar-refractivity contribution < 1.29 is 4.79 Å². The van der Waals surface area contributed by atoms with Crippen molar-refractivity contribution in [2.45, 2.75) is 6.54 Å². The summed E-state index contributed by atoms with van der Waals surface area (Å²) in [5.41, 5.74) is 1.20. The molecule has 1 amide bonds. The molecular formula is C16H20N6O. The van der Waals surface area contributed by atoms with Crippen LogP contribution in [-0.4, -0.2) is 59.7 Å². The van der Waals surface area contributed by atoms with Gasteiger partial charge in [0.2, 0.25) is 12.4 Å². The van der Waals surface area contributed by atoms with E-state index in [1.54, 1.807) is 11.1 Å². The number of aromatic nitrogens is 3. The number of carbonyl (C=O) groups excluding carboxylic acids is 1. The van der Waals surface area contributed by atoms with E-state index >= 15 is 0 Å². The van der Waals surface area contributed by atoms with E-state index in [2.05, 4.69) is 32.2 Å². The molecule has 1 aliphatic rings. The van der Waals surface area contributed by atoms with Crippen LogP contribution in [-0.2, 0) is 11.3 Å². The van der Waals surface area contributed by atoms with E-state index in [1.807, 2.05) is 30.1 Å². The van der Waals surface area contributed by atoms with Crippen LogP contribution in [0.2, 0.25) is 0 Å². The van der Waals surface area contributed by atoms with Gasteiger partial charge in [-0.3, -0.25) is 4.79 Å². The SMILES string of the molecule is CN(Cc1ccccc1)c1nncc(N2CCN(C=O)CC2)n1. The van der Waals surface area contributed by atoms with Gasteiger partial charge < -0.3 is 14.7 Å². The number of benzene rings is 1. The van der Waals surface area contributed by atoms with Crippen molar-refractivity contribution in [3.8, 4) is 0 Å². The molecule has 0 atom stereocenters. The maximum absolute atomic E-state index is 10.8. The number of hydrogen-bond acceptors (Lipinski definition) is 6. The summed E-state index contributed by atoms with van der Waals surface area (Å²) in [7, 11) is 1.96. The zero-order valence-electron chi connectivity index (χ0n) is 13.2. The highest BCUT2D eigenvalue weighted by Gasteiger charge is 2.18. The molecule has 1 fully saturated rings.